The number of methoxy groups -OCH3 is 1. The lowest BCUT2D eigenvalue weighted by atomic mass is 9.76. The molecule has 0 saturated heterocycles. The van der Waals surface area contributed by atoms with Gasteiger partial charge in [0.15, 0.2) is 5.82 Å². The van der Waals surface area contributed by atoms with Gasteiger partial charge >= 0.3 is 0 Å². The summed E-state index contributed by atoms with van der Waals surface area (Å²) in [6.45, 7) is 3.65. The lowest BCUT2D eigenvalue weighted by Gasteiger charge is -2.33. The maximum Gasteiger partial charge on any atom is 0.158 e. The summed E-state index contributed by atoms with van der Waals surface area (Å²) in [7, 11) is 1.63. The van der Waals surface area contributed by atoms with Crippen molar-refractivity contribution in [2.45, 2.75) is 45.6 Å². The van der Waals surface area contributed by atoms with E-state index in [0.29, 0.717) is 23.7 Å². The number of aromatic nitrogens is 2. The SMILES string of the molecule is COCc1nc(NN)cc(NCC2(C)CCCCC2)n1. The maximum absolute atomic E-state index is 5.44. The molecule has 112 valence electrons. The van der Waals surface area contributed by atoms with Crippen LogP contribution in [-0.2, 0) is 11.3 Å². The fourth-order valence-electron chi connectivity index (χ4n) is 2.74. The molecule has 4 N–H and O–H groups in total. The van der Waals surface area contributed by atoms with Crippen LogP contribution in [0.15, 0.2) is 6.07 Å². The van der Waals surface area contributed by atoms with E-state index in [2.05, 4.69) is 27.6 Å². The monoisotopic (exact) mass is 279 g/mol. The number of hydrogen-bond donors (Lipinski definition) is 3. The van der Waals surface area contributed by atoms with E-state index in [1.165, 1.54) is 32.1 Å². The van der Waals surface area contributed by atoms with Gasteiger partial charge in [0.05, 0.1) is 0 Å². The van der Waals surface area contributed by atoms with Crippen molar-refractivity contribution in [3.63, 3.8) is 0 Å². The van der Waals surface area contributed by atoms with Crippen LogP contribution < -0.4 is 16.6 Å². The van der Waals surface area contributed by atoms with Crippen molar-refractivity contribution in [1.29, 1.82) is 0 Å². The summed E-state index contributed by atoms with van der Waals surface area (Å²) in [6.07, 6.45) is 6.57. The van der Waals surface area contributed by atoms with Crippen LogP contribution in [0.3, 0.4) is 0 Å². The molecule has 0 aliphatic heterocycles. The van der Waals surface area contributed by atoms with Crippen molar-refractivity contribution in [2.75, 3.05) is 24.4 Å². The molecule has 20 heavy (non-hydrogen) atoms. The lowest BCUT2D eigenvalue weighted by molar-refractivity contribution is 0.178. The summed E-state index contributed by atoms with van der Waals surface area (Å²) in [5, 5.41) is 3.43. The molecule has 0 radical (unpaired) electrons. The average Bonchev–Trinajstić information content (AvgIpc) is 2.46. The number of anilines is 2. The van der Waals surface area contributed by atoms with E-state index in [1.807, 2.05) is 6.07 Å². The van der Waals surface area contributed by atoms with Gasteiger partial charge in [0, 0.05) is 19.7 Å². The van der Waals surface area contributed by atoms with Gasteiger partial charge in [-0.25, -0.2) is 15.8 Å². The van der Waals surface area contributed by atoms with Crippen LogP contribution in [0.1, 0.15) is 44.9 Å². The van der Waals surface area contributed by atoms with E-state index < -0.39 is 0 Å². The second kappa shape index (κ2) is 6.85. The first-order chi connectivity index (χ1) is 9.65. The number of nitrogen functional groups attached to an aromatic ring is 1. The van der Waals surface area contributed by atoms with Crippen LogP contribution in [0, 0.1) is 5.41 Å². The van der Waals surface area contributed by atoms with E-state index in [1.54, 1.807) is 7.11 Å². The lowest BCUT2D eigenvalue weighted by Crippen LogP contribution is -2.29. The van der Waals surface area contributed by atoms with Crippen molar-refractivity contribution in [3.8, 4) is 0 Å². The van der Waals surface area contributed by atoms with E-state index in [-0.39, 0.29) is 0 Å². The third-order valence-electron chi connectivity index (χ3n) is 3.95. The minimum atomic E-state index is 0.362. The van der Waals surface area contributed by atoms with Gasteiger partial charge in [-0.15, -0.1) is 0 Å². The Morgan fingerprint density at radius 2 is 1.95 bits per heavy atom. The molecule has 2 rings (SSSR count). The first-order valence-electron chi connectivity index (χ1n) is 7.23. The largest absolute Gasteiger partial charge is 0.377 e. The molecule has 0 amide bonds. The standard InChI is InChI=1S/C14H25N5O/c1-14(6-4-3-5-7-14)10-16-11-8-12(19-15)18-13(17-11)9-20-2/h8H,3-7,9-10,15H2,1-2H3,(H2,16,17,18,19). The maximum atomic E-state index is 5.44. The van der Waals surface area contributed by atoms with Crippen LogP contribution in [0.25, 0.3) is 0 Å². The molecule has 0 atom stereocenters. The summed E-state index contributed by atoms with van der Waals surface area (Å²) in [5.74, 6) is 7.46. The molecular formula is C14H25N5O. The molecule has 0 spiro atoms. The summed E-state index contributed by atoms with van der Waals surface area (Å²) in [5.41, 5.74) is 2.93. The highest BCUT2D eigenvalue weighted by atomic mass is 16.5. The Bertz CT molecular complexity index is 432. The molecule has 0 aromatic carbocycles. The molecule has 1 aromatic heterocycles. The molecule has 0 unspecified atom stereocenters. The minimum absolute atomic E-state index is 0.362. The highest BCUT2D eigenvalue weighted by molar-refractivity contribution is 5.46. The summed E-state index contributed by atoms with van der Waals surface area (Å²) < 4.78 is 5.08. The predicted octanol–water partition coefficient (Wildman–Crippen LogP) is 2.29. The van der Waals surface area contributed by atoms with Crippen LogP contribution in [0.5, 0.6) is 0 Å². The molecule has 1 heterocycles. The van der Waals surface area contributed by atoms with Crippen molar-refractivity contribution >= 4 is 11.6 Å². The topological polar surface area (TPSA) is 85.1 Å². The van der Waals surface area contributed by atoms with Gasteiger partial charge in [-0.2, -0.15) is 0 Å². The number of hydrogen-bond acceptors (Lipinski definition) is 6. The van der Waals surface area contributed by atoms with Crippen molar-refractivity contribution in [1.82, 2.24) is 9.97 Å². The van der Waals surface area contributed by atoms with Crippen LogP contribution in [0.2, 0.25) is 0 Å². The van der Waals surface area contributed by atoms with E-state index in [4.69, 9.17) is 10.6 Å². The second-order valence-corrected chi connectivity index (χ2v) is 5.86. The zero-order valence-corrected chi connectivity index (χ0v) is 12.4. The van der Waals surface area contributed by atoms with Crippen LogP contribution >= 0.6 is 0 Å². The first kappa shape index (κ1) is 15.0. The smallest absolute Gasteiger partial charge is 0.158 e. The Balaban J connectivity index is 2.02. The number of nitrogens with zero attached hydrogens (tertiary/aromatic N) is 2. The molecule has 1 aliphatic rings. The second-order valence-electron chi connectivity index (χ2n) is 5.86. The normalized spacial score (nSPS) is 17.8. The van der Waals surface area contributed by atoms with E-state index in [9.17, 15) is 0 Å². The van der Waals surface area contributed by atoms with Crippen molar-refractivity contribution in [3.05, 3.63) is 11.9 Å². The van der Waals surface area contributed by atoms with Gasteiger partial charge in [-0.1, -0.05) is 26.2 Å². The summed E-state index contributed by atoms with van der Waals surface area (Å²) in [4.78, 5) is 8.69. The Morgan fingerprint density at radius 1 is 1.25 bits per heavy atom. The fraction of sp³-hybridized carbons (Fsp3) is 0.714. The molecule has 1 aliphatic carbocycles. The number of ether oxygens (including phenoxy) is 1. The van der Waals surface area contributed by atoms with Gasteiger partial charge in [0.2, 0.25) is 0 Å². The Kier molecular flexibility index (Phi) is 5.14. The zero-order chi connectivity index (χ0) is 14.4. The quantitative estimate of drug-likeness (QED) is 0.547. The molecular weight excluding hydrogens is 254 g/mol. The molecule has 1 saturated carbocycles. The van der Waals surface area contributed by atoms with Gasteiger partial charge in [0.25, 0.3) is 0 Å². The van der Waals surface area contributed by atoms with E-state index in [0.717, 1.165) is 12.4 Å². The van der Waals surface area contributed by atoms with Crippen LogP contribution in [0.4, 0.5) is 11.6 Å². The molecule has 1 fully saturated rings. The Hall–Kier alpha value is -1.40. The van der Waals surface area contributed by atoms with Crippen LogP contribution in [-0.4, -0.2) is 23.6 Å². The number of rotatable bonds is 6. The summed E-state index contributed by atoms with van der Waals surface area (Å²) >= 11 is 0. The number of nitrogens with one attached hydrogen (secondary N) is 2. The van der Waals surface area contributed by atoms with E-state index >= 15 is 0 Å². The summed E-state index contributed by atoms with van der Waals surface area (Å²) in [6, 6.07) is 1.82. The number of hydrazine groups is 1. The van der Waals surface area contributed by atoms with Gasteiger partial charge in [-0.3, -0.25) is 0 Å². The van der Waals surface area contributed by atoms with Crippen molar-refractivity contribution < 1.29 is 4.74 Å². The van der Waals surface area contributed by atoms with Crippen molar-refractivity contribution in [2.24, 2.45) is 11.3 Å². The highest BCUT2D eigenvalue weighted by Gasteiger charge is 2.26. The third-order valence-corrected chi connectivity index (χ3v) is 3.95. The predicted molar refractivity (Wildman–Crippen MR) is 80.2 cm³/mol. The molecule has 1 aromatic rings. The highest BCUT2D eigenvalue weighted by Crippen LogP contribution is 2.35. The molecule has 0 bridgehead atoms. The Morgan fingerprint density at radius 3 is 2.60 bits per heavy atom. The first-order valence-corrected chi connectivity index (χ1v) is 7.23. The fourth-order valence-corrected chi connectivity index (χ4v) is 2.74. The average molecular weight is 279 g/mol. The van der Waals surface area contributed by atoms with Gasteiger partial charge < -0.3 is 15.5 Å². The zero-order valence-electron chi connectivity index (χ0n) is 12.4. The molecule has 6 heteroatoms. The van der Waals surface area contributed by atoms with Gasteiger partial charge in [-0.05, 0) is 18.3 Å². The minimum Gasteiger partial charge on any atom is -0.377 e. The number of nitrogens with two attached hydrogens (primary N) is 1. The Labute approximate surface area is 120 Å². The third kappa shape index (κ3) is 4.05. The van der Waals surface area contributed by atoms with Gasteiger partial charge in [0.1, 0.15) is 18.2 Å². The molecule has 6 nitrogen and oxygen atoms in total.